The fourth-order valence-electron chi connectivity index (χ4n) is 5.55. The molecule has 3 heteroatoms. The van der Waals surface area contributed by atoms with Crippen molar-refractivity contribution in [3.05, 3.63) is 47.5 Å². The van der Waals surface area contributed by atoms with Crippen molar-refractivity contribution in [1.82, 2.24) is 4.90 Å². The third-order valence-electron chi connectivity index (χ3n) is 6.89. The van der Waals surface area contributed by atoms with Gasteiger partial charge >= 0.3 is 5.97 Å². The first-order valence-corrected chi connectivity index (χ1v) is 10.1. The Morgan fingerprint density at radius 3 is 2.81 bits per heavy atom. The Hall–Kier alpha value is -1.61. The molecule has 1 aromatic carbocycles. The molecule has 0 spiro atoms. The predicted molar refractivity (Wildman–Crippen MR) is 103 cm³/mol. The van der Waals surface area contributed by atoms with E-state index in [9.17, 15) is 4.79 Å². The molecule has 1 aliphatic heterocycles. The van der Waals surface area contributed by atoms with Crippen molar-refractivity contribution < 1.29 is 9.53 Å². The summed E-state index contributed by atoms with van der Waals surface area (Å²) in [5.41, 5.74) is 3.12. The first-order valence-electron chi connectivity index (χ1n) is 10.1. The molecule has 2 aliphatic carbocycles. The second kappa shape index (κ2) is 6.84. The van der Waals surface area contributed by atoms with Gasteiger partial charge in [0.2, 0.25) is 0 Å². The van der Waals surface area contributed by atoms with Crippen LogP contribution in [0.15, 0.2) is 42.0 Å². The molecule has 0 amide bonds. The Labute approximate surface area is 157 Å². The molecule has 1 saturated heterocycles. The van der Waals surface area contributed by atoms with E-state index in [1.807, 2.05) is 6.07 Å². The summed E-state index contributed by atoms with van der Waals surface area (Å²) in [6.07, 6.45) is 7.36. The molecule has 1 heterocycles. The highest BCUT2D eigenvalue weighted by molar-refractivity contribution is 5.76. The summed E-state index contributed by atoms with van der Waals surface area (Å²) in [7, 11) is 2.11. The van der Waals surface area contributed by atoms with Crippen molar-refractivity contribution in [3.8, 4) is 0 Å². The lowest BCUT2D eigenvalue weighted by Gasteiger charge is -2.46. The van der Waals surface area contributed by atoms with Gasteiger partial charge < -0.3 is 9.64 Å². The molecule has 0 bridgehead atoms. The number of rotatable bonds is 4. The van der Waals surface area contributed by atoms with Crippen LogP contribution >= 0.6 is 0 Å². The summed E-state index contributed by atoms with van der Waals surface area (Å²) in [4.78, 5) is 14.9. The number of hydrogen-bond donors (Lipinski definition) is 0. The fraction of sp³-hybridized carbons (Fsp3) is 0.609. The maximum Gasteiger partial charge on any atom is 0.311 e. The van der Waals surface area contributed by atoms with Crippen molar-refractivity contribution in [2.45, 2.75) is 52.2 Å². The number of nitrogens with zero attached hydrogens (tertiary/aromatic N) is 1. The third-order valence-corrected chi connectivity index (χ3v) is 6.89. The number of benzene rings is 1. The van der Waals surface area contributed by atoms with E-state index in [2.05, 4.69) is 56.1 Å². The first-order chi connectivity index (χ1) is 12.5. The molecule has 3 aliphatic rings. The van der Waals surface area contributed by atoms with Crippen LogP contribution in [-0.4, -0.2) is 30.6 Å². The van der Waals surface area contributed by atoms with Crippen LogP contribution in [0.2, 0.25) is 0 Å². The average molecular weight is 354 g/mol. The highest BCUT2D eigenvalue weighted by Crippen LogP contribution is 2.53. The summed E-state index contributed by atoms with van der Waals surface area (Å²) < 4.78 is 5.87. The Balaban J connectivity index is 1.51. The number of ether oxygens (including phenoxy) is 1. The van der Waals surface area contributed by atoms with Gasteiger partial charge in [0.25, 0.3) is 0 Å². The second-order valence-corrected chi connectivity index (χ2v) is 9.02. The van der Waals surface area contributed by atoms with Crippen molar-refractivity contribution in [2.24, 2.45) is 23.2 Å². The zero-order valence-corrected chi connectivity index (χ0v) is 16.3. The monoisotopic (exact) mass is 353 g/mol. The summed E-state index contributed by atoms with van der Waals surface area (Å²) in [6.45, 7) is 6.38. The van der Waals surface area contributed by atoms with Gasteiger partial charge in [0.15, 0.2) is 0 Å². The molecular weight excluding hydrogens is 322 g/mol. The maximum atomic E-state index is 12.6. The lowest BCUT2D eigenvalue weighted by molar-refractivity contribution is -0.145. The summed E-state index contributed by atoms with van der Waals surface area (Å²) in [6, 6.07) is 10.5. The smallest absolute Gasteiger partial charge is 0.311 e. The quantitative estimate of drug-likeness (QED) is 0.592. The molecule has 1 aromatic rings. The van der Waals surface area contributed by atoms with E-state index in [0.29, 0.717) is 5.92 Å². The van der Waals surface area contributed by atoms with Gasteiger partial charge in [-0.1, -0.05) is 62.2 Å². The van der Waals surface area contributed by atoms with Crippen molar-refractivity contribution in [3.63, 3.8) is 0 Å². The highest BCUT2D eigenvalue weighted by Gasteiger charge is 2.51. The van der Waals surface area contributed by atoms with E-state index in [1.54, 1.807) is 5.57 Å². The largest absolute Gasteiger partial charge is 0.461 e. The van der Waals surface area contributed by atoms with E-state index < -0.39 is 0 Å². The van der Waals surface area contributed by atoms with Gasteiger partial charge in [-0.3, -0.25) is 4.79 Å². The van der Waals surface area contributed by atoms with Crippen LogP contribution in [0.4, 0.5) is 0 Å². The van der Waals surface area contributed by atoms with Crippen molar-refractivity contribution in [2.75, 3.05) is 13.6 Å². The molecule has 3 nitrogen and oxygen atoms in total. The topological polar surface area (TPSA) is 29.5 Å². The second-order valence-electron chi connectivity index (χ2n) is 9.02. The van der Waals surface area contributed by atoms with Crippen molar-refractivity contribution >= 4 is 5.97 Å². The minimum atomic E-state index is -0.0279. The van der Waals surface area contributed by atoms with E-state index in [4.69, 9.17) is 4.74 Å². The van der Waals surface area contributed by atoms with Gasteiger partial charge in [-0.05, 0) is 43.2 Å². The third kappa shape index (κ3) is 3.22. The number of carbonyl (C=O) groups is 1. The minimum Gasteiger partial charge on any atom is -0.461 e. The van der Waals surface area contributed by atoms with Crippen molar-refractivity contribution in [1.29, 1.82) is 0 Å². The van der Waals surface area contributed by atoms with Gasteiger partial charge in [-0.2, -0.15) is 0 Å². The Morgan fingerprint density at radius 2 is 2.04 bits per heavy atom. The molecule has 4 rings (SSSR count). The predicted octanol–water partition coefficient (Wildman–Crippen LogP) is 4.43. The van der Waals surface area contributed by atoms with Crippen LogP contribution in [0, 0.1) is 23.2 Å². The van der Waals surface area contributed by atoms with E-state index in [0.717, 1.165) is 19.5 Å². The van der Waals surface area contributed by atoms with E-state index in [-0.39, 0.29) is 29.3 Å². The molecule has 0 N–H and O–H groups in total. The molecular formula is C23H31NO2. The van der Waals surface area contributed by atoms with Crippen LogP contribution in [0.3, 0.4) is 0 Å². The summed E-state index contributed by atoms with van der Waals surface area (Å²) >= 11 is 0. The molecule has 0 radical (unpaired) electrons. The Kier molecular flexibility index (Phi) is 4.68. The van der Waals surface area contributed by atoms with Crippen LogP contribution < -0.4 is 0 Å². The van der Waals surface area contributed by atoms with Gasteiger partial charge in [-0.15, -0.1) is 0 Å². The van der Waals surface area contributed by atoms with Gasteiger partial charge in [0.05, 0.1) is 5.92 Å². The van der Waals surface area contributed by atoms with Gasteiger partial charge in [0, 0.05) is 19.0 Å². The number of hydrogen-bond acceptors (Lipinski definition) is 3. The lowest BCUT2D eigenvalue weighted by Crippen LogP contribution is -2.40. The molecule has 2 fully saturated rings. The van der Waals surface area contributed by atoms with Crippen LogP contribution in [0.1, 0.15) is 45.1 Å². The normalized spacial score (nSPS) is 36.3. The maximum absolute atomic E-state index is 12.6. The highest BCUT2D eigenvalue weighted by atomic mass is 16.6. The first kappa shape index (κ1) is 17.8. The number of allylic oxidation sites excluding steroid dienone is 1. The molecule has 140 valence electrons. The van der Waals surface area contributed by atoms with Gasteiger partial charge in [-0.25, -0.2) is 0 Å². The zero-order chi connectivity index (χ0) is 18.3. The SMILES string of the molecule is CC1CCCC2(C)CC3OC(=O)C(CN(C)Cc4ccccc4)C3C=C12. The molecule has 0 aromatic heterocycles. The molecule has 5 atom stereocenters. The van der Waals surface area contributed by atoms with Crippen LogP contribution in [-0.2, 0) is 16.1 Å². The average Bonchev–Trinajstić information content (AvgIpc) is 2.88. The molecule has 5 unspecified atom stereocenters. The Bertz CT molecular complexity index is 697. The fourth-order valence-corrected chi connectivity index (χ4v) is 5.55. The molecule has 1 saturated carbocycles. The minimum absolute atomic E-state index is 0.00617. The number of carbonyl (C=O) groups excluding carboxylic acids is 1. The van der Waals surface area contributed by atoms with E-state index >= 15 is 0 Å². The standard InChI is InChI=1S/C23H31NO2/c1-16-8-7-11-23(2)13-21-18(12-20(16)23)19(22(25)26-21)15-24(3)14-17-9-5-4-6-10-17/h4-6,9-10,12,16,18-19,21H,7-8,11,13-15H2,1-3H3. The van der Waals surface area contributed by atoms with Crippen LogP contribution in [0.5, 0.6) is 0 Å². The molecule has 26 heavy (non-hydrogen) atoms. The zero-order valence-electron chi connectivity index (χ0n) is 16.3. The summed E-state index contributed by atoms with van der Waals surface area (Å²) in [5, 5.41) is 0. The lowest BCUT2D eigenvalue weighted by atomic mass is 9.59. The number of esters is 1. The Morgan fingerprint density at radius 1 is 1.27 bits per heavy atom. The van der Waals surface area contributed by atoms with Gasteiger partial charge in [0.1, 0.15) is 6.10 Å². The van der Waals surface area contributed by atoms with Crippen LogP contribution in [0.25, 0.3) is 0 Å². The summed E-state index contributed by atoms with van der Waals surface area (Å²) in [5.74, 6) is 0.879. The van der Waals surface area contributed by atoms with E-state index in [1.165, 1.54) is 24.8 Å². The number of fused-ring (bicyclic) bond motifs is 2.